The van der Waals surface area contributed by atoms with Crippen molar-refractivity contribution in [2.45, 2.75) is 10.2 Å². The van der Waals surface area contributed by atoms with E-state index in [1.807, 2.05) is 24.3 Å². The van der Waals surface area contributed by atoms with Crippen molar-refractivity contribution in [2.24, 2.45) is 0 Å². The van der Waals surface area contributed by atoms with Gasteiger partial charge in [-0.05, 0) is 23.9 Å². The van der Waals surface area contributed by atoms with Gasteiger partial charge in [-0.3, -0.25) is 0 Å². The van der Waals surface area contributed by atoms with E-state index < -0.39 is 5.97 Å². The van der Waals surface area contributed by atoms with Crippen LogP contribution in [0.3, 0.4) is 0 Å². The fourth-order valence-corrected chi connectivity index (χ4v) is 2.46. The van der Waals surface area contributed by atoms with Crippen LogP contribution in [0.5, 0.6) is 0 Å². The summed E-state index contributed by atoms with van der Waals surface area (Å²) in [6.45, 7) is 0. The Morgan fingerprint density at radius 3 is 2.89 bits per heavy atom. The van der Waals surface area contributed by atoms with Crippen molar-refractivity contribution in [2.75, 3.05) is 0 Å². The number of oxazole rings is 1. The molecule has 19 heavy (non-hydrogen) atoms. The van der Waals surface area contributed by atoms with E-state index in [0.29, 0.717) is 10.2 Å². The van der Waals surface area contributed by atoms with Gasteiger partial charge in [-0.1, -0.05) is 18.2 Å². The Bertz CT molecular complexity index is 741. The third-order valence-corrected chi connectivity index (χ3v) is 3.39. The van der Waals surface area contributed by atoms with Crippen molar-refractivity contribution in [3.8, 4) is 0 Å². The highest BCUT2D eigenvalue weighted by atomic mass is 32.2. The summed E-state index contributed by atoms with van der Waals surface area (Å²) < 4.78 is 5.10. The van der Waals surface area contributed by atoms with E-state index in [2.05, 4.69) is 9.97 Å². The predicted molar refractivity (Wildman–Crippen MR) is 69.3 cm³/mol. The molecule has 94 valence electrons. The molecule has 0 atom stereocenters. The number of pyridine rings is 1. The second-order valence-electron chi connectivity index (χ2n) is 3.74. The highest BCUT2D eigenvalue weighted by Crippen LogP contribution is 2.29. The van der Waals surface area contributed by atoms with Crippen molar-refractivity contribution >= 4 is 28.6 Å². The Hall–Kier alpha value is -2.34. The second-order valence-corrected chi connectivity index (χ2v) is 4.68. The van der Waals surface area contributed by atoms with Gasteiger partial charge in [0.25, 0.3) is 5.22 Å². The molecule has 0 saturated carbocycles. The number of carboxylic acids is 1. The number of aromatic nitrogens is 2. The number of carboxylic acid groups (broad SMARTS) is 1. The molecule has 6 heteroatoms. The maximum Gasteiger partial charge on any atom is 0.338 e. The molecule has 1 N–H and O–H groups in total. The number of para-hydroxylation sites is 1. The van der Waals surface area contributed by atoms with Crippen LogP contribution in [0.25, 0.3) is 10.9 Å². The second kappa shape index (κ2) is 4.74. The minimum atomic E-state index is -1.02. The van der Waals surface area contributed by atoms with Crippen LogP contribution in [0.15, 0.2) is 57.5 Å². The fraction of sp³-hybridized carbons (Fsp3) is 0. The minimum Gasteiger partial charge on any atom is -0.478 e. The highest BCUT2D eigenvalue weighted by Gasteiger charge is 2.16. The maximum absolute atomic E-state index is 11.3. The van der Waals surface area contributed by atoms with Gasteiger partial charge in [0.05, 0.1) is 17.3 Å². The molecule has 0 spiro atoms. The van der Waals surface area contributed by atoms with Crippen LogP contribution in [0.2, 0.25) is 0 Å². The van der Waals surface area contributed by atoms with E-state index in [1.54, 1.807) is 6.07 Å². The fourth-order valence-electron chi connectivity index (χ4n) is 1.67. The molecule has 0 fully saturated rings. The molecule has 0 aliphatic rings. The summed E-state index contributed by atoms with van der Waals surface area (Å²) >= 11 is 1.09. The molecule has 5 nitrogen and oxygen atoms in total. The Balaban J connectivity index is 2.15. The lowest BCUT2D eigenvalue weighted by Gasteiger charge is -2.05. The zero-order chi connectivity index (χ0) is 13.2. The van der Waals surface area contributed by atoms with Gasteiger partial charge < -0.3 is 9.52 Å². The molecule has 0 aliphatic heterocycles. The third-order valence-electron chi connectivity index (χ3n) is 2.51. The van der Waals surface area contributed by atoms with Crippen molar-refractivity contribution in [3.63, 3.8) is 0 Å². The number of carbonyl (C=O) groups is 1. The van der Waals surface area contributed by atoms with Gasteiger partial charge in [0.15, 0.2) is 0 Å². The van der Waals surface area contributed by atoms with E-state index in [1.165, 1.54) is 12.5 Å². The summed E-state index contributed by atoms with van der Waals surface area (Å²) in [5, 5.41) is 10.8. The summed E-state index contributed by atoms with van der Waals surface area (Å²) in [5.74, 6) is -1.02. The van der Waals surface area contributed by atoms with Crippen LogP contribution in [-0.4, -0.2) is 21.0 Å². The molecule has 3 rings (SSSR count). The molecular formula is C13H8N2O3S. The van der Waals surface area contributed by atoms with Gasteiger partial charge in [0.2, 0.25) is 0 Å². The Morgan fingerprint density at radius 2 is 2.16 bits per heavy atom. The standard InChI is InChI=1S/C13H8N2O3S/c16-12(17)9-7-8-3-1-2-4-10(8)15-11(9)19-13-14-5-6-18-13/h1-7H,(H,16,17). The zero-order valence-corrected chi connectivity index (χ0v) is 10.4. The Kier molecular flexibility index (Phi) is 2.92. The Morgan fingerprint density at radius 1 is 1.32 bits per heavy atom. The van der Waals surface area contributed by atoms with Crippen molar-refractivity contribution in [1.29, 1.82) is 0 Å². The van der Waals surface area contributed by atoms with Crippen molar-refractivity contribution in [1.82, 2.24) is 9.97 Å². The first-order chi connectivity index (χ1) is 9.24. The molecule has 2 aromatic heterocycles. The van der Waals surface area contributed by atoms with Gasteiger partial charge in [0, 0.05) is 5.39 Å². The summed E-state index contributed by atoms with van der Waals surface area (Å²) in [7, 11) is 0. The number of aromatic carboxylic acids is 1. The number of fused-ring (bicyclic) bond motifs is 1. The summed E-state index contributed by atoms with van der Waals surface area (Å²) in [5.41, 5.74) is 0.878. The molecule has 3 aromatic rings. The monoisotopic (exact) mass is 272 g/mol. The first kappa shape index (κ1) is 11.7. The number of nitrogens with zero attached hydrogens (tertiary/aromatic N) is 2. The molecule has 0 amide bonds. The van der Waals surface area contributed by atoms with Crippen LogP contribution in [-0.2, 0) is 0 Å². The van der Waals surface area contributed by atoms with Crippen LogP contribution in [0.1, 0.15) is 10.4 Å². The van der Waals surface area contributed by atoms with E-state index in [4.69, 9.17) is 4.42 Å². The molecule has 1 aromatic carbocycles. The van der Waals surface area contributed by atoms with Gasteiger partial charge in [-0.15, -0.1) is 0 Å². The first-order valence-corrected chi connectivity index (χ1v) is 6.26. The number of hydrogen-bond donors (Lipinski definition) is 1. The lowest BCUT2D eigenvalue weighted by molar-refractivity contribution is 0.0692. The quantitative estimate of drug-likeness (QED) is 0.789. The summed E-state index contributed by atoms with van der Waals surface area (Å²) in [4.78, 5) is 19.6. The predicted octanol–water partition coefficient (Wildman–Crippen LogP) is 3.07. The lowest BCUT2D eigenvalue weighted by atomic mass is 10.1. The molecule has 2 heterocycles. The molecule has 0 aliphatic carbocycles. The Labute approximate surface area is 112 Å². The molecule has 0 bridgehead atoms. The summed E-state index contributed by atoms with van der Waals surface area (Å²) in [6, 6.07) is 8.97. The van der Waals surface area contributed by atoms with E-state index in [9.17, 15) is 9.90 Å². The smallest absolute Gasteiger partial charge is 0.338 e. The number of benzene rings is 1. The SMILES string of the molecule is O=C(O)c1cc2ccccc2nc1Sc1ncco1. The minimum absolute atomic E-state index is 0.141. The van der Waals surface area contributed by atoms with Crippen molar-refractivity contribution in [3.05, 3.63) is 48.4 Å². The van der Waals surface area contributed by atoms with Crippen LogP contribution in [0, 0.1) is 0 Å². The van der Waals surface area contributed by atoms with Crippen LogP contribution < -0.4 is 0 Å². The number of rotatable bonds is 3. The number of hydrogen-bond acceptors (Lipinski definition) is 5. The van der Waals surface area contributed by atoms with E-state index in [0.717, 1.165) is 22.7 Å². The van der Waals surface area contributed by atoms with Gasteiger partial charge in [0.1, 0.15) is 11.3 Å². The average molecular weight is 272 g/mol. The van der Waals surface area contributed by atoms with Gasteiger partial charge in [-0.2, -0.15) is 0 Å². The van der Waals surface area contributed by atoms with Crippen molar-refractivity contribution < 1.29 is 14.3 Å². The largest absolute Gasteiger partial charge is 0.478 e. The van der Waals surface area contributed by atoms with E-state index >= 15 is 0 Å². The van der Waals surface area contributed by atoms with Crippen LogP contribution >= 0.6 is 11.8 Å². The topological polar surface area (TPSA) is 76.2 Å². The maximum atomic E-state index is 11.3. The summed E-state index contributed by atoms with van der Waals surface area (Å²) in [6.07, 6.45) is 2.94. The normalized spacial score (nSPS) is 10.7. The first-order valence-electron chi connectivity index (χ1n) is 5.44. The van der Waals surface area contributed by atoms with Crippen LogP contribution in [0.4, 0.5) is 0 Å². The molecular weight excluding hydrogens is 264 g/mol. The molecule has 0 unspecified atom stereocenters. The van der Waals surface area contributed by atoms with E-state index in [-0.39, 0.29) is 5.56 Å². The average Bonchev–Trinajstić information content (AvgIpc) is 2.90. The third kappa shape index (κ3) is 2.30. The van der Waals surface area contributed by atoms with Gasteiger partial charge in [-0.25, -0.2) is 14.8 Å². The lowest BCUT2D eigenvalue weighted by Crippen LogP contribution is -2.01. The zero-order valence-electron chi connectivity index (χ0n) is 9.61. The highest BCUT2D eigenvalue weighted by molar-refractivity contribution is 7.99. The molecule has 0 radical (unpaired) electrons. The van der Waals surface area contributed by atoms with Gasteiger partial charge >= 0.3 is 5.97 Å². The molecule has 0 saturated heterocycles.